The van der Waals surface area contributed by atoms with Gasteiger partial charge < -0.3 is 0 Å². The molecule has 1 aromatic heterocycles. The summed E-state index contributed by atoms with van der Waals surface area (Å²) in [6, 6.07) is 13.4. The second-order valence-corrected chi connectivity index (χ2v) is 6.55. The number of fused-ring (bicyclic) bond motifs is 1. The molecule has 0 fully saturated rings. The van der Waals surface area contributed by atoms with E-state index >= 15 is 0 Å². The van der Waals surface area contributed by atoms with Gasteiger partial charge >= 0.3 is 0 Å². The summed E-state index contributed by atoms with van der Waals surface area (Å²) < 4.78 is 0.884. The largest absolute Gasteiger partial charge is 0.291 e. The number of rotatable bonds is 2. The SMILES string of the molecule is CC(c1ccc(Cl)s1)N1CCc2ccccc2C1. The lowest BCUT2D eigenvalue weighted by Crippen LogP contribution is -2.32. The van der Waals surface area contributed by atoms with Gasteiger partial charge in [0.1, 0.15) is 0 Å². The predicted octanol–water partition coefficient (Wildman–Crippen LogP) is 4.52. The topological polar surface area (TPSA) is 3.24 Å². The van der Waals surface area contributed by atoms with Crippen LogP contribution in [-0.4, -0.2) is 11.4 Å². The van der Waals surface area contributed by atoms with Crippen LogP contribution in [0.15, 0.2) is 36.4 Å². The Balaban J connectivity index is 1.79. The summed E-state index contributed by atoms with van der Waals surface area (Å²) in [4.78, 5) is 3.89. The highest BCUT2D eigenvalue weighted by molar-refractivity contribution is 7.16. The summed E-state index contributed by atoms with van der Waals surface area (Å²) in [6.45, 7) is 4.46. The average Bonchev–Trinajstić information content (AvgIpc) is 2.84. The third kappa shape index (κ3) is 2.33. The van der Waals surface area contributed by atoms with Gasteiger partial charge in [-0.3, -0.25) is 4.90 Å². The molecule has 1 aromatic carbocycles. The minimum Gasteiger partial charge on any atom is -0.291 e. The lowest BCUT2D eigenvalue weighted by atomic mass is 9.98. The van der Waals surface area contributed by atoms with Gasteiger partial charge in [0, 0.05) is 24.0 Å². The van der Waals surface area contributed by atoms with E-state index in [0.29, 0.717) is 6.04 Å². The summed E-state index contributed by atoms with van der Waals surface area (Å²) in [5.41, 5.74) is 2.98. The van der Waals surface area contributed by atoms with Crippen LogP contribution in [0.5, 0.6) is 0 Å². The molecule has 3 rings (SSSR count). The zero-order valence-corrected chi connectivity index (χ0v) is 12.0. The molecule has 2 heterocycles. The average molecular weight is 278 g/mol. The Morgan fingerprint density at radius 2 is 1.94 bits per heavy atom. The molecule has 0 N–H and O–H groups in total. The normalized spacial score (nSPS) is 17.4. The van der Waals surface area contributed by atoms with Gasteiger partial charge in [0.2, 0.25) is 0 Å². The summed E-state index contributed by atoms with van der Waals surface area (Å²) in [6.07, 6.45) is 1.15. The minimum absolute atomic E-state index is 0.454. The Morgan fingerprint density at radius 3 is 2.67 bits per heavy atom. The molecule has 0 spiro atoms. The van der Waals surface area contributed by atoms with Crippen LogP contribution in [0.2, 0.25) is 4.34 Å². The van der Waals surface area contributed by atoms with E-state index in [2.05, 4.69) is 42.2 Å². The molecule has 1 nitrogen and oxygen atoms in total. The van der Waals surface area contributed by atoms with E-state index in [9.17, 15) is 0 Å². The van der Waals surface area contributed by atoms with E-state index in [-0.39, 0.29) is 0 Å². The van der Waals surface area contributed by atoms with E-state index in [1.165, 1.54) is 16.0 Å². The molecule has 1 aliphatic heterocycles. The lowest BCUT2D eigenvalue weighted by Gasteiger charge is -2.33. The minimum atomic E-state index is 0.454. The van der Waals surface area contributed by atoms with Crippen molar-refractivity contribution < 1.29 is 0 Å². The van der Waals surface area contributed by atoms with Crippen molar-refractivity contribution in [3.8, 4) is 0 Å². The monoisotopic (exact) mass is 277 g/mol. The molecule has 18 heavy (non-hydrogen) atoms. The van der Waals surface area contributed by atoms with Crippen LogP contribution in [0.4, 0.5) is 0 Å². The van der Waals surface area contributed by atoms with Gasteiger partial charge in [-0.1, -0.05) is 35.9 Å². The third-order valence-corrected chi connectivity index (χ3v) is 5.12. The Kier molecular flexibility index (Phi) is 3.42. The van der Waals surface area contributed by atoms with Gasteiger partial charge in [0.25, 0.3) is 0 Å². The van der Waals surface area contributed by atoms with Crippen molar-refractivity contribution in [2.24, 2.45) is 0 Å². The molecule has 0 radical (unpaired) electrons. The van der Waals surface area contributed by atoms with Gasteiger partial charge in [-0.25, -0.2) is 0 Å². The van der Waals surface area contributed by atoms with Crippen molar-refractivity contribution in [3.05, 3.63) is 56.7 Å². The molecule has 0 saturated heterocycles. The number of nitrogens with zero attached hydrogens (tertiary/aromatic N) is 1. The van der Waals surface area contributed by atoms with Crippen molar-refractivity contribution in [1.82, 2.24) is 4.90 Å². The first-order valence-electron chi connectivity index (χ1n) is 6.30. The fourth-order valence-corrected chi connectivity index (χ4v) is 3.73. The standard InChI is InChI=1S/C15H16ClNS/c1-11(14-6-7-15(16)18-14)17-9-8-12-4-2-3-5-13(12)10-17/h2-7,11H,8-10H2,1H3. The maximum Gasteiger partial charge on any atom is 0.0931 e. The van der Waals surface area contributed by atoms with Crippen LogP contribution in [0, 0.1) is 0 Å². The van der Waals surface area contributed by atoms with Gasteiger partial charge in [-0.2, -0.15) is 0 Å². The first-order chi connectivity index (χ1) is 8.74. The Bertz CT molecular complexity index is 549. The van der Waals surface area contributed by atoms with Crippen molar-refractivity contribution in [2.45, 2.75) is 25.9 Å². The Hall–Kier alpha value is -0.830. The maximum absolute atomic E-state index is 6.02. The number of benzene rings is 1. The Morgan fingerprint density at radius 1 is 1.17 bits per heavy atom. The Labute approximate surface area is 117 Å². The van der Waals surface area contributed by atoms with Gasteiger partial charge in [-0.15, -0.1) is 11.3 Å². The lowest BCUT2D eigenvalue weighted by molar-refractivity contribution is 0.195. The zero-order valence-electron chi connectivity index (χ0n) is 10.4. The first kappa shape index (κ1) is 12.2. The molecule has 2 aromatic rings. The molecule has 1 unspecified atom stereocenters. The number of thiophene rings is 1. The molecular weight excluding hydrogens is 262 g/mol. The van der Waals surface area contributed by atoms with E-state index in [0.717, 1.165) is 23.8 Å². The smallest absolute Gasteiger partial charge is 0.0931 e. The zero-order chi connectivity index (χ0) is 12.5. The van der Waals surface area contributed by atoms with E-state index < -0.39 is 0 Å². The first-order valence-corrected chi connectivity index (χ1v) is 7.49. The third-order valence-electron chi connectivity index (χ3n) is 3.71. The van der Waals surface area contributed by atoms with Gasteiger partial charge in [0.15, 0.2) is 0 Å². The van der Waals surface area contributed by atoms with Crippen LogP contribution in [-0.2, 0) is 13.0 Å². The van der Waals surface area contributed by atoms with Crippen molar-refractivity contribution >= 4 is 22.9 Å². The molecule has 3 heteroatoms. The molecule has 0 aliphatic carbocycles. The molecule has 1 aliphatic rings. The number of halogens is 1. The van der Waals surface area contributed by atoms with Crippen molar-refractivity contribution in [1.29, 1.82) is 0 Å². The van der Waals surface area contributed by atoms with Crippen LogP contribution in [0.1, 0.15) is 29.0 Å². The van der Waals surface area contributed by atoms with Crippen LogP contribution in [0.25, 0.3) is 0 Å². The van der Waals surface area contributed by atoms with Crippen molar-refractivity contribution in [3.63, 3.8) is 0 Å². The molecule has 1 atom stereocenters. The highest BCUT2D eigenvalue weighted by Gasteiger charge is 2.22. The predicted molar refractivity (Wildman–Crippen MR) is 78.3 cm³/mol. The van der Waals surface area contributed by atoms with E-state index in [1.54, 1.807) is 11.3 Å². The van der Waals surface area contributed by atoms with E-state index in [4.69, 9.17) is 11.6 Å². The summed E-state index contributed by atoms with van der Waals surface area (Å²) in [7, 11) is 0. The second-order valence-electron chi connectivity index (χ2n) is 4.81. The number of hydrogen-bond donors (Lipinski definition) is 0. The maximum atomic E-state index is 6.02. The van der Waals surface area contributed by atoms with Crippen molar-refractivity contribution in [2.75, 3.05) is 6.54 Å². The molecule has 0 saturated carbocycles. The highest BCUT2D eigenvalue weighted by atomic mass is 35.5. The fraction of sp³-hybridized carbons (Fsp3) is 0.333. The van der Waals surface area contributed by atoms with Gasteiger partial charge in [0.05, 0.1) is 4.34 Å². The highest BCUT2D eigenvalue weighted by Crippen LogP contribution is 2.33. The summed E-state index contributed by atoms with van der Waals surface area (Å²) in [5, 5.41) is 0. The van der Waals surface area contributed by atoms with Crippen LogP contribution >= 0.6 is 22.9 Å². The molecule has 0 bridgehead atoms. The number of hydrogen-bond acceptors (Lipinski definition) is 2. The van der Waals surface area contributed by atoms with E-state index in [1.807, 2.05) is 6.07 Å². The molecular formula is C15H16ClNS. The molecule has 94 valence electrons. The van der Waals surface area contributed by atoms with Crippen LogP contribution in [0.3, 0.4) is 0 Å². The summed E-state index contributed by atoms with van der Waals surface area (Å²) >= 11 is 7.72. The van der Waals surface area contributed by atoms with Gasteiger partial charge in [-0.05, 0) is 36.6 Å². The quantitative estimate of drug-likeness (QED) is 0.780. The summed E-state index contributed by atoms with van der Waals surface area (Å²) in [5.74, 6) is 0. The van der Waals surface area contributed by atoms with Crippen LogP contribution < -0.4 is 0 Å². The second kappa shape index (κ2) is 5.04. The molecule has 0 amide bonds. The fourth-order valence-electron chi connectivity index (χ4n) is 2.58.